The predicted octanol–water partition coefficient (Wildman–Crippen LogP) is 1.81. The van der Waals surface area contributed by atoms with Gasteiger partial charge >= 0.3 is 0 Å². The van der Waals surface area contributed by atoms with Gasteiger partial charge in [0.1, 0.15) is 9.79 Å². The van der Waals surface area contributed by atoms with Gasteiger partial charge in [-0.3, -0.25) is 9.11 Å². The third-order valence-electron chi connectivity index (χ3n) is 3.58. The van der Waals surface area contributed by atoms with Crippen molar-refractivity contribution < 1.29 is 25.9 Å². The van der Waals surface area contributed by atoms with Gasteiger partial charge in [-0.1, -0.05) is 0 Å². The van der Waals surface area contributed by atoms with Crippen LogP contribution in [0.25, 0.3) is 11.1 Å². The molecule has 0 fully saturated rings. The number of hydrogen-bond donors (Lipinski definition) is 4. The number of nitrogen functional groups attached to an aromatic ring is 2. The molecular formula is C17H25N3O6S2. The lowest BCUT2D eigenvalue weighted by atomic mass is 10.00. The van der Waals surface area contributed by atoms with Crippen LogP contribution < -0.4 is 11.5 Å². The standard InChI is InChI=1S/C14H16N2O6S2.C3H9N/c1-7-3-9(13(5-11(7)15)23(17,18)19)10-4-8(2)12(16)6-14(10)24(20,21)22;1-4(2)3/h3-6H,15-16H2,1-2H3,(H,17,18,19)(H,20,21,22);1-3H3. The molecule has 156 valence electrons. The maximum absolute atomic E-state index is 11.7. The van der Waals surface area contributed by atoms with Crippen LogP contribution in [-0.2, 0) is 20.2 Å². The van der Waals surface area contributed by atoms with Crippen LogP contribution in [0, 0.1) is 13.8 Å². The van der Waals surface area contributed by atoms with E-state index in [1.165, 1.54) is 12.1 Å². The second-order valence-corrected chi connectivity index (χ2v) is 9.48. The molecule has 2 aromatic rings. The van der Waals surface area contributed by atoms with E-state index in [0.717, 1.165) is 12.1 Å². The minimum atomic E-state index is -4.69. The Kier molecular flexibility index (Phi) is 7.20. The van der Waals surface area contributed by atoms with E-state index in [4.69, 9.17) is 11.5 Å². The molecule has 11 heteroatoms. The van der Waals surface area contributed by atoms with Crippen molar-refractivity contribution in [2.45, 2.75) is 23.6 Å². The maximum Gasteiger partial charge on any atom is 0.295 e. The fraction of sp³-hybridized carbons (Fsp3) is 0.294. The number of rotatable bonds is 3. The zero-order valence-corrected chi connectivity index (χ0v) is 17.9. The molecule has 0 saturated carbocycles. The molecule has 0 unspecified atom stereocenters. The molecular weight excluding hydrogens is 406 g/mol. The molecule has 0 aliphatic rings. The molecule has 0 aromatic heterocycles. The first-order chi connectivity index (χ1) is 12.6. The first-order valence-corrected chi connectivity index (χ1v) is 10.8. The van der Waals surface area contributed by atoms with Crippen LogP contribution in [0.2, 0.25) is 0 Å². The van der Waals surface area contributed by atoms with Crippen molar-refractivity contribution in [3.8, 4) is 11.1 Å². The summed E-state index contributed by atoms with van der Waals surface area (Å²) in [6.07, 6.45) is 0. The minimum Gasteiger partial charge on any atom is -0.398 e. The van der Waals surface area contributed by atoms with Gasteiger partial charge in [-0.05, 0) is 70.4 Å². The number of hydrogen-bond acceptors (Lipinski definition) is 7. The van der Waals surface area contributed by atoms with Gasteiger partial charge < -0.3 is 16.4 Å². The zero-order chi connectivity index (χ0) is 22.0. The summed E-state index contributed by atoms with van der Waals surface area (Å²) in [5.74, 6) is 0. The maximum atomic E-state index is 11.7. The minimum absolute atomic E-state index is 0.104. The second-order valence-electron chi connectivity index (χ2n) is 6.70. The molecule has 0 spiro atoms. The molecule has 2 rings (SSSR count). The molecule has 0 aliphatic carbocycles. The molecule has 2 aromatic carbocycles. The molecule has 28 heavy (non-hydrogen) atoms. The Bertz CT molecular complexity index is 1010. The van der Waals surface area contributed by atoms with Crippen molar-refractivity contribution in [2.24, 2.45) is 0 Å². The summed E-state index contributed by atoms with van der Waals surface area (Å²) in [7, 11) is -3.39. The Balaban J connectivity index is 0.000000892. The monoisotopic (exact) mass is 431 g/mol. The van der Waals surface area contributed by atoms with Gasteiger partial charge in [0.15, 0.2) is 0 Å². The van der Waals surface area contributed by atoms with E-state index in [1.54, 1.807) is 13.8 Å². The molecule has 6 N–H and O–H groups in total. The van der Waals surface area contributed by atoms with Gasteiger partial charge in [0.2, 0.25) is 0 Å². The van der Waals surface area contributed by atoms with Gasteiger partial charge in [-0.25, -0.2) is 0 Å². The fourth-order valence-electron chi connectivity index (χ4n) is 2.26. The lowest BCUT2D eigenvalue weighted by molar-refractivity contribution is 0.480. The normalized spacial score (nSPS) is 11.9. The average Bonchev–Trinajstić information content (AvgIpc) is 2.49. The smallest absolute Gasteiger partial charge is 0.295 e. The van der Waals surface area contributed by atoms with Crippen LogP contribution in [0.4, 0.5) is 11.4 Å². The van der Waals surface area contributed by atoms with Crippen molar-refractivity contribution in [2.75, 3.05) is 32.6 Å². The van der Waals surface area contributed by atoms with Crippen LogP contribution in [0.15, 0.2) is 34.1 Å². The molecule has 0 atom stereocenters. The summed E-state index contributed by atoms with van der Waals surface area (Å²) in [6.45, 7) is 3.17. The highest BCUT2D eigenvalue weighted by Crippen LogP contribution is 2.37. The van der Waals surface area contributed by atoms with Crippen molar-refractivity contribution in [3.63, 3.8) is 0 Å². The lowest BCUT2D eigenvalue weighted by Gasteiger charge is -2.15. The molecule has 0 radical (unpaired) electrons. The van der Waals surface area contributed by atoms with E-state index in [2.05, 4.69) is 0 Å². The highest BCUT2D eigenvalue weighted by molar-refractivity contribution is 7.86. The Labute approximate surface area is 165 Å². The van der Waals surface area contributed by atoms with Gasteiger partial charge in [0, 0.05) is 22.5 Å². The number of benzene rings is 2. The summed E-state index contributed by atoms with van der Waals surface area (Å²) < 4.78 is 65.6. The molecule has 0 amide bonds. The third kappa shape index (κ3) is 5.91. The number of nitrogens with two attached hydrogens (primary N) is 2. The van der Waals surface area contributed by atoms with E-state index in [-0.39, 0.29) is 22.5 Å². The third-order valence-corrected chi connectivity index (χ3v) is 5.37. The van der Waals surface area contributed by atoms with E-state index in [9.17, 15) is 25.9 Å². The van der Waals surface area contributed by atoms with E-state index >= 15 is 0 Å². The summed E-state index contributed by atoms with van der Waals surface area (Å²) in [4.78, 5) is 0.861. The SMILES string of the molecule is CN(C)C.Cc1cc(-c2cc(C)c(N)cc2S(=O)(=O)O)c(S(=O)(=O)O)cc1N. The average molecular weight is 432 g/mol. The van der Waals surface area contributed by atoms with Crippen LogP contribution in [-0.4, -0.2) is 52.0 Å². The van der Waals surface area contributed by atoms with Gasteiger partial charge in [0.05, 0.1) is 0 Å². The van der Waals surface area contributed by atoms with E-state index < -0.39 is 30.0 Å². The van der Waals surface area contributed by atoms with Gasteiger partial charge in [-0.2, -0.15) is 16.8 Å². The van der Waals surface area contributed by atoms with E-state index in [0.29, 0.717) is 11.1 Å². The highest BCUT2D eigenvalue weighted by Gasteiger charge is 2.25. The molecule has 0 bridgehead atoms. The largest absolute Gasteiger partial charge is 0.398 e. The number of nitrogens with zero attached hydrogens (tertiary/aromatic N) is 1. The van der Waals surface area contributed by atoms with Crippen LogP contribution in [0.3, 0.4) is 0 Å². The molecule has 0 heterocycles. The first-order valence-electron chi connectivity index (χ1n) is 7.92. The number of aryl methyl sites for hydroxylation is 2. The Morgan fingerprint density at radius 3 is 1.18 bits per heavy atom. The summed E-state index contributed by atoms with van der Waals surface area (Å²) in [5, 5.41) is 0. The summed E-state index contributed by atoms with van der Waals surface area (Å²) in [6, 6.07) is 4.69. The second kappa shape index (κ2) is 8.45. The fourth-order valence-corrected chi connectivity index (χ4v) is 3.70. The zero-order valence-electron chi connectivity index (χ0n) is 16.3. The van der Waals surface area contributed by atoms with Crippen molar-refractivity contribution in [3.05, 3.63) is 35.4 Å². The summed E-state index contributed by atoms with van der Waals surface area (Å²) in [5.41, 5.74) is 12.3. The predicted molar refractivity (Wildman–Crippen MR) is 109 cm³/mol. The Morgan fingerprint density at radius 1 is 0.714 bits per heavy atom. The first kappa shape index (κ1) is 23.9. The quantitative estimate of drug-likeness (QED) is 0.419. The van der Waals surface area contributed by atoms with Crippen LogP contribution in [0.1, 0.15) is 11.1 Å². The Morgan fingerprint density at radius 2 is 0.964 bits per heavy atom. The molecule has 0 aliphatic heterocycles. The van der Waals surface area contributed by atoms with Crippen molar-refractivity contribution >= 4 is 31.6 Å². The van der Waals surface area contributed by atoms with Crippen molar-refractivity contribution in [1.82, 2.24) is 4.90 Å². The molecule has 9 nitrogen and oxygen atoms in total. The summed E-state index contributed by atoms with van der Waals surface area (Å²) >= 11 is 0. The van der Waals surface area contributed by atoms with Crippen LogP contribution in [0.5, 0.6) is 0 Å². The van der Waals surface area contributed by atoms with Gasteiger partial charge in [0.25, 0.3) is 20.2 Å². The lowest BCUT2D eigenvalue weighted by Crippen LogP contribution is -2.08. The molecule has 0 saturated heterocycles. The van der Waals surface area contributed by atoms with Crippen LogP contribution >= 0.6 is 0 Å². The van der Waals surface area contributed by atoms with E-state index in [1.807, 2.05) is 26.0 Å². The van der Waals surface area contributed by atoms with Crippen molar-refractivity contribution in [1.29, 1.82) is 0 Å². The number of anilines is 2. The Hall–Kier alpha value is -2.18. The topological polar surface area (TPSA) is 164 Å². The van der Waals surface area contributed by atoms with Gasteiger partial charge in [-0.15, -0.1) is 0 Å². The highest BCUT2D eigenvalue weighted by atomic mass is 32.2.